The molecular weight excluding hydrogens is 435 g/mol. The molecular formula is C25H37FN6O2. The monoisotopic (exact) mass is 472 g/mol. The van der Waals surface area contributed by atoms with Crippen LogP contribution in [0, 0.1) is 11.7 Å². The van der Waals surface area contributed by atoms with Crippen LogP contribution in [0.2, 0.25) is 0 Å². The van der Waals surface area contributed by atoms with Crippen molar-refractivity contribution >= 4 is 11.6 Å². The summed E-state index contributed by atoms with van der Waals surface area (Å²) >= 11 is 0. The molecule has 0 bridgehead atoms. The van der Waals surface area contributed by atoms with Gasteiger partial charge >= 0.3 is 0 Å². The summed E-state index contributed by atoms with van der Waals surface area (Å²) in [5.74, 6) is 1.56. The summed E-state index contributed by atoms with van der Waals surface area (Å²) < 4.78 is 25.3. The van der Waals surface area contributed by atoms with E-state index >= 15 is 0 Å². The number of pyridine rings is 1. The van der Waals surface area contributed by atoms with Crippen molar-refractivity contribution in [1.29, 1.82) is 0 Å². The lowest BCUT2D eigenvalue weighted by molar-refractivity contribution is 0.0699. The third-order valence-electron chi connectivity index (χ3n) is 6.73. The molecule has 3 N–H and O–H groups in total. The van der Waals surface area contributed by atoms with Crippen molar-refractivity contribution in [2.75, 3.05) is 44.1 Å². The molecule has 0 aromatic carbocycles. The average Bonchev–Trinajstić information content (AvgIpc) is 2.86. The molecule has 1 aliphatic heterocycles. The van der Waals surface area contributed by atoms with Gasteiger partial charge in [0.1, 0.15) is 18.0 Å². The van der Waals surface area contributed by atoms with Gasteiger partial charge in [-0.1, -0.05) is 0 Å². The van der Waals surface area contributed by atoms with Gasteiger partial charge in [-0.25, -0.2) is 19.3 Å². The summed E-state index contributed by atoms with van der Waals surface area (Å²) in [6.45, 7) is 5.31. The van der Waals surface area contributed by atoms with Gasteiger partial charge in [0, 0.05) is 56.6 Å². The molecule has 2 aromatic rings. The van der Waals surface area contributed by atoms with Crippen molar-refractivity contribution in [2.24, 2.45) is 5.92 Å². The van der Waals surface area contributed by atoms with Gasteiger partial charge in [0.05, 0.1) is 18.5 Å². The molecule has 0 radical (unpaired) electrons. The zero-order valence-corrected chi connectivity index (χ0v) is 20.2. The van der Waals surface area contributed by atoms with Gasteiger partial charge in [-0.15, -0.1) is 0 Å². The summed E-state index contributed by atoms with van der Waals surface area (Å²) in [5, 5.41) is 10.5. The van der Waals surface area contributed by atoms with Gasteiger partial charge in [-0.2, -0.15) is 0 Å². The summed E-state index contributed by atoms with van der Waals surface area (Å²) in [5.41, 5.74) is 0.977. The van der Waals surface area contributed by atoms with Crippen molar-refractivity contribution in [1.82, 2.24) is 20.3 Å². The molecule has 3 heterocycles. The predicted octanol–water partition coefficient (Wildman–Crippen LogP) is 3.86. The van der Waals surface area contributed by atoms with Crippen LogP contribution in [0.3, 0.4) is 0 Å². The van der Waals surface area contributed by atoms with Crippen molar-refractivity contribution < 1.29 is 13.9 Å². The molecule has 1 saturated heterocycles. The fourth-order valence-electron chi connectivity index (χ4n) is 4.83. The van der Waals surface area contributed by atoms with Crippen LogP contribution in [0.5, 0.6) is 0 Å². The molecule has 0 spiro atoms. The maximum absolute atomic E-state index is 14.7. The number of anilines is 2. The zero-order valence-electron chi connectivity index (χ0n) is 20.2. The number of methoxy groups -OCH3 is 1. The van der Waals surface area contributed by atoms with E-state index in [9.17, 15) is 4.39 Å². The molecule has 2 aliphatic rings. The number of ether oxygens (including phenoxy) is 2. The topological polar surface area (TPSA) is 93.2 Å². The Hall–Kier alpha value is -2.36. The smallest absolute Gasteiger partial charge is 0.151 e. The molecule has 4 rings (SSSR count). The molecule has 9 heteroatoms. The van der Waals surface area contributed by atoms with Crippen LogP contribution in [0.4, 0.5) is 16.0 Å². The molecule has 34 heavy (non-hydrogen) atoms. The molecule has 8 nitrogen and oxygen atoms in total. The second-order valence-electron chi connectivity index (χ2n) is 9.49. The fraction of sp³-hybridized carbons (Fsp3) is 0.640. The van der Waals surface area contributed by atoms with Crippen LogP contribution < -0.4 is 16.0 Å². The van der Waals surface area contributed by atoms with E-state index in [0.717, 1.165) is 64.9 Å². The minimum Gasteiger partial charge on any atom is -0.383 e. The first-order chi connectivity index (χ1) is 16.6. The van der Waals surface area contributed by atoms with E-state index in [1.54, 1.807) is 19.2 Å². The molecule has 1 saturated carbocycles. The van der Waals surface area contributed by atoms with Crippen LogP contribution in [-0.4, -0.2) is 66.6 Å². The minimum atomic E-state index is -0.389. The first-order valence-electron chi connectivity index (χ1n) is 12.4. The molecule has 0 amide bonds. The van der Waals surface area contributed by atoms with Gasteiger partial charge in [0.15, 0.2) is 5.82 Å². The average molecular weight is 473 g/mol. The van der Waals surface area contributed by atoms with Gasteiger partial charge in [0.25, 0.3) is 0 Å². The molecule has 2 fully saturated rings. The highest BCUT2D eigenvalue weighted by Gasteiger charge is 2.23. The highest BCUT2D eigenvalue weighted by Crippen LogP contribution is 2.27. The van der Waals surface area contributed by atoms with Gasteiger partial charge in [-0.3, -0.25) is 0 Å². The van der Waals surface area contributed by atoms with E-state index in [1.165, 1.54) is 12.5 Å². The largest absolute Gasteiger partial charge is 0.383 e. The van der Waals surface area contributed by atoms with Gasteiger partial charge in [0.2, 0.25) is 0 Å². The summed E-state index contributed by atoms with van der Waals surface area (Å²) in [4.78, 5) is 12.9. The Kier molecular flexibility index (Phi) is 9.01. The lowest BCUT2D eigenvalue weighted by atomic mass is 9.90. The SMILES string of the molecule is COC[C@H](C)NC1CCC(Nc2cc(-c3cc(NCC4CCOCC4)ncn3)c(F)cn2)CC1. The lowest BCUT2D eigenvalue weighted by Crippen LogP contribution is -2.42. The minimum absolute atomic E-state index is 0.323. The number of hydrogen-bond acceptors (Lipinski definition) is 8. The lowest BCUT2D eigenvalue weighted by Gasteiger charge is -2.31. The van der Waals surface area contributed by atoms with E-state index in [2.05, 4.69) is 37.8 Å². The summed E-state index contributed by atoms with van der Waals surface area (Å²) in [6.07, 6.45) is 9.11. The molecule has 0 unspecified atom stereocenters. The van der Waals surface area contributed by atoms with Crippen LogP contribution in [0.15, 0.2) is 24.7 Å². The van der Waals surface area contributed by atoms with Crippen LogP contribution in [-0.2, 0) is 9.47 Å². The maximum atomic E-state index is 14.7. The quantitative estimate of drug-likeness (QED) is 0.480. The maximum Gasteiger partial charge on any atom is 0.151 e. The van der Waals surface area contributed by atoms with E-state index in [1.807, 2.05) is 0 Å². The highest BCUT2D eigenvalue weighted by molar-refractivity contribution is 5.65. The van der Waals surface area contributed by atoms with Crippen molar-refractivity contribution in [3.05, 3.63) is 30.5 Å². The van der Waals surface area contributed by atoms with E-state index < -0.39 is 0 Å². The molecule has 1 aliphatic carbocycles. The van der Waals surface area contributed by atoms with E-state index in [0.29, 0.717) is 46.9 Å². The summed E-state index contributed by atoms with van der Waals surface area (Å²) in [7, 11) is 1.73. The number of nitrogens with zero attached hydrogens (tertiary/aromatic N) is 3. The van der Waals surface area contributed by atoms with Crippen LogP contribution in [0.25, 0.3) is 11.3 Å². The van der Waals surface area contributed by atoms with E-state index in [4.69, 9.17) is 9.47 Å². The van der Waals surface area contributed by atoms with Crippen molar-refractivity contribution in [2.45, 2.75) is 63.6 Å². The first kappa shape index (κ1) is 24.8. The third-order valence-corrected chi connectivity index (χ3v) is 6.73. The standard InChI is InChI=1S/C25H37FN6O2/c1-17(15-33-2)31-19-3-5-20(6-4-19)32-25-11-21(22(26)14-28-25)23-12-24(30-16-29-23)27-13-18-7-9-34-10-8-18/h11-12,14,16-20,31H,3-10,13,15H2,1-2H3,(H,28,32)(H,27,29,30)/t17-,19?,20?/m0/s1. The van der Waals surface area contributed by atoms with Crippen molar-refractivity contribution in [3.63, 3.8) is 0 Å². The van der Waals surface area contributed by atoms with Gasteiger partial charge < -0.3 is 25.4 Å². The Bertz CT molecular complexity index is 903. The predicted molar refractivity (Wildman–Crippen MR) is 131 cm³/mol. The Morgan fingerprint density at radius 2 is 1.79 bits per heavy atom. The normalized spacial score (nSPS) is 22.3. The Morgan fingerprint density at radius 3 is 2.56 bits per heavy atom. The van der Waals surface area contributed by atoms with Gasteiger partial charge in [-0.05, 0) is 57.4 Å². The van der Waals surface area contributed by atoms with E-state index in [-0.39, 0.29) is 5.82 Å². The molecule has 2 aromatic heterocycles. The van der Waals surface area contributed by atoms with Crippen molar-refractivity contribution in [3.8, 4) is 11.3 Å². The molecule has 1 atom stereocenters. The number of halogens is 1. The Balaban J connectivity index is 1.34. The number of rotatable bonds is 10. The number of aromatic nitrogens is 3. The number of hydrogen-bond donors (Lipinski definition) is 3. The fourth-order valence-corrected chi connectivity index (χ4v) is 4.83. The Morgan fingerprint density at radius 1 is 1.03 bits per heavy atom. The van der Waals surface area contributed by atoms with Crippen LogP contribution >= 0.6 is 0 Å². The number of nitrogens with one attached hydrogen (secondary N) is 3. The Labute approximate surface area is 201 Å². The third kappa shape index (κ3) is 7.07. The highest BCUT2D eigenvalue weighted by atomic mass is 19.1. The zero-order chi connectivity index (χ0) is 23.8. The first-order valence-corrected chi connectivity index (χ1v) is 12.4. The second-order valence-corrected chi connectivity index (χ2v) is 9.49. The second kappa shape index (κ2) is 12.4. The summed E-state index contributed by atoms with van der Waals surface area (Å²) in [6, 6.07) is 4.74. The molecule has 186 valence electrons. The van der Waals surface area contributed by atoms with Crippen LogP contribution in [0.1, 0.15) is 45.4 Å².